The summed E-state index contributed by atoms with van der Waals surface area (Å²) >= 11 is 0. The van der Waals surface area contributed by atoms with Gasteiger partial charge in [0.05, 0.1) is 6.54 Å². The molecule has 116 valence electrons. The van der Waals surface area contributed by atoms with Crippen LogP contribution in [0.25, 0.3) is 0 Å². The number of piperidine rings is 1. The van der Waals surface area contributed by atoms with Crippen molar-refractivity contribution in [1.29, 1.82) is 0 Å². The highest BCUT2D eigenvalue weighted by atomic mass is 16.2. The average Bonchev–Trinajstić information content (AvgIpc) is 3.02. The highest BCUT2D eigenvalue weighted by molar-refractivity contribution is 5.89. The Morgan fingerprint density at radius 2 is 2.18 bits per heavy atom. The highest BCUT2D eigenvalue weighted by Crippen LogP contribution is 2.17. The number of hydrogen-bond acceptors (Lipinski definition) is 2. The minimum absolute atomic E-state index is 0.00590. The molecule has 22 heavy (non-hydrogen) atoms. The van der Waals surface area contributed by atoms with Gasteiger partial charge in [-0.25, -0.2) is 4.79 Å². The second kappa shape index (κ2) is 6.64. The van der Waals surface area contributed by atoms with Crippen LogP contribution < -0.4 is 5.32 Å². The Labute approximate surface area is 130 Å². The van der Waals surface area contributed by atoms with Gasteiger partial charge in [0, 0.05) is 31.2 Å². The summed E-state index contributed by atoms with van der Waals surface area (Å²) in [6.07, 6.45) is 6.02. The van der Waals surface area contributed by atoms with E-state index in [2.05, 4.69) is 17.3 Å². The lowest BCUT2D eigenvalue weighted by molar-refractivity contribution is 0.182. The molecule has 1 fully saturated rings. The first kappa shape index (κ1) is 14.6. The van der Waals surface area contributed by atoms with Gasteiger partial charge in [0.1, 0.15) is 0 Å². The van der Waals surface area contributed by atoms with Crippen molar-refractivity contribution in [2.24, 2.45) is 5.92 Å². The zero-order valence-corrected chi connectivity index (χ0v) is 12.9. The van der Waals surface area contributed by atoms with E-state index in [0.717, 1.165) is 37.3 Å². The molecule has 3 rings (SSSR count). The summed E-state index contributed by atoms with van der Waals surface area (Å²) in [5.74, 6) is 0.593. The molecule has 0 aliphatic carbocycles. The van der Waals surface area contributed by atoms with Crippen molar-refractivity contribution < 1.29 is 4.79 Å². The molecule has 0 spiro atoms. The Kier molecular flexibility index (Phi) is 4.42. The third kappa shape index (κ3) is 3.67. The Balaban J connectivity index is 1.57. The maximum atomic E-state index is 12.3. The summed E-state index contributed by atoms with van der Waals surface area (Å²) in [6.45, 7) is 4.64. The number of benzene rings is 1. The largest absolute Gasteiger partial charge is 0.324 e. The molecular weight excluding hydrogens is 276 g/mol. The van der Waals surface area contributed by atoms with Gasteiger partial charge in [-0.15, -0.1) is 0 Å². The molecule has 2 heterocycles. The number of urea groups is 1. The average molecular weight is 298 g/mol. The van der Waals surface area contributed by atoms with Crippen LogP contribution >= 0.6 is 0 Å². The lowest BCUT2D eigenvalue weighted by Crippen LogP contribution is -2.41. The standard InChI is InChI=1S/C17H22N4O/c1-14-4-2-10-20(12-14)17(22)19-16-7-5-15(6-8-16)13-21-11-3-9-18-21/h3,5-9,11,14H,2,4,10,12-13H2,1H3,(H,19,22)/t14-/m1/s1. The molecule has 0 radical (unpaired) electrons. The molecular formula is C17H22N4O. The number of aromatic nitrogens is 2. The van der Waals surface area contributed by atoms with Crippen molar-refractivity contribution in [1.82, 2.24) is 14.7 Å². The maximum absolute atomic E-state index is 12.3. The van der Waals surface area contributed by atoms with Gasteiger partial charge in [0.15, 0.2) is 0 Å². The fourth-order valence-corrected chi connectivity index (χ4v) is 2.85. The molecule has 2 amide bonds. The number of nitrogens with zero attached hydrogens (tertiary/aromatic N) is 3. The molecule has 1 aliphatic heterocycles. The van der Waals surface area contributed by atoms with Gasteiger partial charge in [-0.3, -0.25) is 4.68 Å². The number of amides is 2. The van der Waals surface area contributed by atoms with Crippen LogP contribution in [0.3, 0.4) is 0 Å². The third-order valence-electron chi connectivity index (χ3n) is 4.05. The number of likely N-dealkylation sites (tertiary alicyclic amines) is 1. The lowest BCUT2D eigenvalue weighted by Gasteiger charge is -2.30. The first-order valence-corrected chi connectivity index (χ1v) is 7.83. The molecule has 0 bridgehead atoms. The quantitative estimate of drug-likeness (QED) is 0.946. The number of nitrogens with one attached hydrogen (secondary N) is 1. The van der Waals surface area contributed by atoms with Crippen LogP contribution in [0.15, 0.2) is 42.7 Å². The highest BCUT2D eigenvalue weighted by Gasteiger charge is 2.20. The van der Waals surface area contributed by atoms with E-state index in [1.54, 1.807) is 6.20 Å². The van der Waals surface area contributed by atoms with E-state index >= 15 is 0 Å². The lowest BCUT2D eigenvalue weighted by atomic mass is 10.0. The number of hydrogen-bond donors (Lipinski definition) is 1. The van der Waals surface area contributed by atoms with E-state index in [-0.39, 0.29) is 6.03 Å². The third-order valence-corrected chi connectivity index (χ3v) is 4.05. The topological polar surface area (TPSA) is 50.2 Å². The fourth-order valence-electron chi connectivity index (χ4n) is 2.85. The minimum Gasteiger partial charge on any atom is -0.324 e. The molecule has 1 aliphatic rings. The van der Waals surface area contributed by atoms with Crippen LogP contribution in [0.4, 0.5) is 10.5 Å². The van der Waals surface area contributed by atoms with Crippen LogP contribution in [0.1, 0.15) is 25.3 Å². The molecule has 5 nitrogen and oxygen atoms in total. The van der Waals surface area contributed by atoms with E-state index in [9.17, 15) is 4.79 Å². The van der Waals surface area contributed by atoms with Crippen LogP contribution in [-0.2, 0) is 6.54 Å². The van der Waals surface area contributed by atoms with E-state index < -0.39 is 0 Å². The minimum atomic E-state index is 0.00590. The summed E-state index contributed by atoms with van der Waals surface area (Å²) in [6, 6.07) is 9.86. The summed E-state index contributed by atoms with van der Waals surface area (Å²) in [5.41, 5.74) is 2.00. The van der Waals surface area contributed by atoms with Crippen molar-refractivity contribution in [2.45, 2.75) is 26.3 Å². The maximum Gasteiger partial charge on any atom is 0.321 e. The zero-order valence-electron chi connectivity index (χ0n) is 12.9. The van der Waals surface area contributed by atoms with E-state index in [1.807, 2.05) is 46.1 Å². The normalized spacial score (nSPS) is 18.2. The second-order valence-corrected chi connectivity index (χ2v) is 6.02. The molecule has 1 aromatic heterocycles. The van der Waals surface area contributed by atoms with Gasteiger partial charge in [-0.1, -0.05) is 19.1 Å². The first-order chi connectivity index (χ1) is 10.7. The Hall–Kier alpha value is -2.30. The van der Waals surface area contributed by atoms with Crippen LogP contribution in [-0.4, -0.2) is 33.8 Å². The van der Waals surface area contributed by atoms with Gasteiger partial charge in [-0.2, -0.15) is 5.10 Å². The molecule has 5 heteroatoms. The molecule has 1 N–H and O–H groups in total. The summed E-state index contributed by atoms with van der Waals surface area (Å²) in [5, 5.41) is 7.17. The molecule has 0 unspecified atom stereocenters. The number of carbonyl (C=O) groups excluding carboxylic acids is 1. The van der Waals surface area contributed by atoms with Gasteiger partial charge in [-0.05, 0) is 42.5 Å². The Bertz CT molecular complexity index is 606. The molecule has 1 atom stereocenters. The van der Waals surface area contributed by atoms with E-state index in [4.69, 9.17) is 0 Å². The molecule has 1 aromatic carbocycles. The predicted molar refractivity (Wildman–Crippen MR) is 86.8 cm³/mol. The SMILES string of the molecule is C[C@@H]1CCCN(C(=O)Nc2ccc(Cn3cccn3)cc2)C1. The summed E-state index contributed by atoms with van der Waals surface area (Å²) in [7, 11) is 0. The number of carbonyl (C=O) groups is 1. The molecule has 1 saturated heterocycles. The summed E-state index contributed by atoms with van der Waals surface area (Å²) < 4.78 is 1.88. The monoisotopic (exact) mass is 298 g/mol. The Morgan fingerprint density at radius 3 is 2.86 bits per heavy atom. The van der Waals surface area contributed by atoms with Crippen molar-refractivity contribution >= 4 is 11.7 Å². The van der Waals surface area contributed by atoms with Crippen molar-refractivity contribution in [3.8, 4) is 0 Å². The zero-order chi connectivity index (χ0) is 15.4. The Morgan fingerprint density at radius 1 is 1.36 bits per heavy atom. The van der Waals surface area contributed by atoms with Crippen LogP contribution in [0.5, 0.6) is 0 Å². The van der Waals surface area contributed by atoms with Crippen LogP contribution in [0.2, 0.25) is 0 Å². The van der Waals surface area contributed by atoms with E-state index in [1.165, 1.54) is 6.42 Å². The van der Waals surface area contributed by atoms with Gasteiger partial charge >= 0.3 is 6.03 Å². The first-order valence-electron chi connectivity index (χ1n) is 7.83. The fraction of sp³-hybridized carbons (Fsp3) is 0.412. The summed E-state index contributed by atoms with van der Waals surface area (Å²) in [4.78, 5) is 14.2. The number of rotatable bonds is 3. The van der Waals surface area contributed by atoms with Crippen molar-refractivity contribution in [2.75, 3.05) is 18.4 Å². The van der Waals surface area contributed by atoms with Crippen molar-refractivity contribution in [3.63, 3.8) is 0 Å². The van der Waals surface area contributed by atoms with Gasteiger partial charge in [0.2, 0.25) is 0 Å². The second-order valence-electron chi connectivity index (χ2n) is 6.02. The smallest absolute Gasteiger partial charge is 0.321 e. The van der Waals surface area contributed by atoms with E-state index in [0.29, 0.717) is 5.92 Å². The number of anilines is 1. The molecule has 2 aromatic rings. The van der Waals surface area contributed by atoms with Gasteiger partial charge in [0.25, 0.3) is 0 Å². The van der Waals surface area contributed by atoms with Gasteiger partial charge < -0.3 is 10.2 Å². The predicted octanol–water partition coefficient (Wildman–Crippen LogP) is 3.20. The molecule has 0 saturated carbocycles. The van der Waals surface area contributed by atoms with Crippen molar-refractivity contribution in [3.05, 3.63) is 48.3 Å². The van der Waals surface area contributed by atoms with Crippen LogP contribution in [0, 0.1) is 5.92 Å².